The third kappa shape index (κ3) is 5.04. The zero-order valence-corrected chi connectivity index (χ0v) is 18.0. The molecule has 0 unspecified atom stereocenters. The summed E-state index contributed by atoms with van der Waals surface area (Å²) in [7, 11) is 0. The zero-order chi connectivity index (χ0) is 22.6. The molecule has 0 radical (unpaired) electrons. The van der Waals surface area contributed by atoms with Crippen molar-refractivity contribution in [3.05, 3.63) is 89.4 Å². The number of nitrogens with zero attached hydrogens (tertiary/aromatic N) is 3. The first kappa shape index (κ1) is 21.7. The lowest BCUT2D eigenvalue weighted by molar-refractivity contribution is -0.136. The molecule has 2 N–H and O–H groups in total. The fourth-order valence-corrected chi connectivity index (χ4v) is 3.84. The molecule has 2 aromatic heterocycles. The van der Waals surface area contributed by atoms with Gasteiger partial charge in [0.1, 0.15) is 5.69 Å². The molecular formula is C22H16F3N5S2. The first-order valence-corrected chi connectivity index (χ1v) is 10.7. The van der Waals surface area contributed by atoms with Crippen LogP contribution in [0.15, 0.2) is 83.4 Å². The molecule has 2 aromatic carbocycles. The number of rotatable bonds is 5. The molecule has 5 nitrogen and oxygen atoms in total. The van der Waals surface area contributed by atoms with Crippen LogP contribution >= 0.6 is 23.6 Å². The standard InChI is InChI=1S/C22H16F3N5S2/c23-22(24,25)17-9-4-5-10-18(17)27-21(31)28-26-13-15-14-30(16-7-2-1-3-8-16)29-20(15)19-11-6-12-32-19/h1-14H,(H2,27,28,31)/b26-13+. The van der Waals surface area contributed by atoms with Crippen LogP contribution < -0.4 is 10.7 Å². The summed E-state index contributed by atoms with van der Waals surface area (Å²) in [5, 5.41) is 13.2. The predicted octanol–water partition coefficient (Wildman–Crippen LogP) is 5.94. The number of thiocarbonyl (C=S) groups is 1. The van der Waals surface area contributed by atoms with E-state index in [1.54, 1.807) is 16.0 Å². The largest absolute Gasteiger partial charge is 0.418 e. The van der Waals surface area contributed by atoms with Crippen molar-refractivity contribution in [1.82, 2.24) is 15.2 Å². The third-order valence-electron chi connectivity index (χ3n) is 4.37. The van der Waals surface area contributed by atoms with E-state index >= 15 is 0 Å². The Kier molecular flexibility index (Phi) is 6.33. The lowest BCUT2D eigenvalue weighted by Crippen LogP contribution is -2.25. The van der Waals surface area contributed by atoms with Crippen molar-refractivity contribution in [3.8, 4) is 16.3 Å². The van der Waals surface area contributed by atoms with Gasteiger partial charge in [0.25, 0.3) is 0 Å². The van der Waals surface area contributed by atoms with Crippen LogP contribution in [-0.4, -0.2) is 21.1 Å². The summed E-state index contributed by atoms with van der Waals surface area (Å²) in [6.45, 7) is 0. The van der Waals surface area contributed by atoms with E-state index in [9.17, 15) is 13.2 Å². The summed E-state index contributed by atoms with van der Waals surface area (Å²) in [4.78, 5) is 0.959. The Balaban J connectivity index is 1.53. The normalized spacial score (nSPS) is 11.6. The Labute approximate surface area is 191 Å². The van der Waals surface area contributed by atoms with Crippen LogP contribution in [0.3, 0.4) is 0 Å². The number of para-hydroxylation sites is 2. The summed E-state index contributed by atoms with van der Waals surface area (Å²) in [6.07, 6.45) is -1.14. The Hall–Kier alpha value is -3.50. The number of hydrogen-bond donors (Lipinski definition) is 2. The highest BCUT2D eigenvalue weighted by atomic mass is 32.1. The molecule has 0 saturated carbocycles. The molecular weight excluding hydrogens is 455 g/mol. The Morgan fingerprint density at radius 2 is 1.78 bits per heavy atom. The van der Waals surface area contributed by atoms with Crippen molar-refractivity contribution >= 4 is 40.6 Å². The number of nitrogens with one attached hydrogen (secondary N) is 2. The highest BCUT2D eigenvalue weighted by molar-refractivity contribution is 7.80. The molecule has 4 aromatic rings. The van der Waals surface area contributed by atoms with E-state index in [0.717, 1.165) is 27.9 Å². The summed E-state index contributed by atoms with van der Waals surface area (Å²) >= 11 is 6.65. The zero-order valence-electron chi connectivity index (χ0n) is 16.4. The molecule has 32 heavy (non-hydrogen) atoms. The number of halogens is 3. The summed E-state index contributed by atoms with van der Waals surface area (Å²) in [5.74, 6) is 0. The van der Waals surface area contributed by atoms with Crippen LogP contribution in [-0.2, 0) is 6.18 Å². The van der Waals surface area contributed by atoms with Crippen LogP contribution in [0.1, 0.15) is 11.1 Å². The third-order valence-corrected chi connectivity index (χ3v) is 5.44. The number of anilines is 1. The molecule has 0 amide bonds. The maximum atomic E-state index is 13.2. The predicted molar refractivity (Wildman–Crippen MR) is 125 cm³/mol. The van der Waals surface area contributed by atoms with Crippen molar-refractivity contribution in [2.75, 3.05) is 5.32 Å². The topological polar surface area (TPSA) is 54.2 Å². The first-order chi connectivity index (χ1) is 15.4. The summed E-state index contributed by atoms with van der Waals surface area (Å²) < 4.78 is 41.2. The minimum atomic E-state index is -4.50. The minimum absolute atomic E-state index is 0.0638. The van der Waals surface area contributed by atoms with Crippen molar-refractivity contribution < 1.29 is 13.2 Å². The molecule has 2 heterocycles. The van der Waals surface area contributed by atoms with Crippen molar-refractivity contribution in [1.29, 1.82) is 0 Å². The van der Waals surface area contributed by atoms with Crippen LogP contribution in [0, 0.1) is 0 Å². The number of hydrogen-bond acceptors (Lipinski definition) is 4. The van der Waals surface area contributed by atoms with Gasteiger partial charge in [-0.25, -0.2) is 4.68 Å². The average Bonchev–Trinajstić information content (AvgIpc) is 3.44. The van der Waals surface area contributed by atoms with Crippen LogP contribution in [0.5, 0.6) is 0 Å². The van der Waals surface area contributed by atoms with Gasteiger partial charge in [0.15, 0.2) is 5.11 Å². The molecule has 0 aliphatic carbocycles. The molecule has 4 rings (SSSR count). The maximum absolute atomic E-state index is 13.2. The quantitative estimate of drug-likeness (QED) is 0.215. The van der Waals surface area contributed by atoms with Gasteiger partial charge in [-0.2, -0.15) is 23.4 Å². The van der Waals surface area contributed by atoms with Crippen molar-refractivity contribution in [3.63, 3.8) is 0 Å². The first-order valence-electron chi connectivity index (χ1n) is 9.37. The van der Waals surface area contributed by atoms with Gasteiger partial charge in [-0.3, -0.25) is 5.43 Å². The molecule has 0 atom stereocenters. The molecule has 0 aliphatic heterocycles. The highest BCUT2D eigenvalue weighted by Crippen LogP contribution is 2.34. The molecule has 0 saturated heterocycles. The van der Waals surface area contributed by atoms with Gasteiger partial charge in [0.05, 0.1) is 28.0 Å². The highest BCUT2D eigenvalue weighted by Gasteiger charge is 2.33. The van der Waals surface area contributed by atoms with Gasteiger partial charge in [-0.05, 0) is 47.9 Å². The second-order valence-corrected chi connectivity index (χ2v) is 7.91. The van der Waals surface area contributed by atoms with Gasteiger partial charge in [0.2, 0.25) is 0 Å². The van der Waals surface area contributed by atoms with E-state index in [1.165, 1.54) is 24.4 Å². The van der Waals surface area contributed by atoms with Crippen molar-refractivity contribution in [2.45, 2.75) is 6.18 Å². The second kappa shape index (κ2) is 9.33. The molecule has 0 fully saturated rings. The lowest BCUT2D eigenvalue weighted by atomic mass is 10.2. The smallest absolute Gasteiger partial charge is 0.331 e. The van der Waals surface area contributed by atoms with Gasteiger partial charge in [-0.15, -0.1) is 11.3 Å². The Morgan fingerprint density at radius 3 is 2.50 bits per heavy atom. The van der Waals surface area contributed by atoms with Gasteiger partial charge in [-0.1, -0.05) is 36.4 Å². The van der Waals surface area contributed by atoms with Crippen LogP contribution in [0.4, 0.5) is 18.9 Å². The van der Waals surface area contributed by atoms with Crippen molar-refractivity contribution in [2.24, 2.45) is 5.10 Å². The molecule has 162 valence electrons. The Morgan fingerprint density at radius 1 is 1.03 bits per heavy atom. The maximum Gasteiger partial charge on any atom is 0.418 e. The lowest BCUT2D eigenvalue weighted by Gasteiger charge is -2.14. The number of alkyl halides is 3. The van der Waals surface area contributed by atoms with Crippen LogP contribution in [0.25, 0.3) is 16.3 Å². The summed E-state index contributed by atoms with van der Waals surface area (Å²) in [6, 6.07) is 18.6. The monoisotopic (exact) mass is 471 g/mol. The number of thiophene rings is 1. The van der Waals surface area contributed by atoms with Crippen LogP contribution in [0.2, 0.25) is 0 Å². The van der Waals surface area contributed by atoms with E-state index in [4.69, 9.17) is 12.2 Å². The van der Waals surface area contributed by atoms with E-state index in [1.807, 2.05) is 54.0 Å². The number of benzene rings is 2. The van der Waals surface area contributed by atoms with E-state index in [2.05, 4.69) is 20.9 Å². The fraction of sp³-hybridized carbons (Fsp3) is 0.0455. The molecule has 0 aliphatic rings. The molecule has 0 bridgehead atoms. The molecule has 10 heteroatoms. The van der Waals surface area contributed by atoms with Gasteiger partial charge in [0, 0.05) is 11.8 Å². The second-order valence-electron chi connectivity index (χ2n) is 6.56. The summed E-state index contributed by atoms with van der Waals surface area (Å²) in [5.41, 5.74) is 3.96. The van der Waals surface area contributed by atoms with Gasteiger partial charge < -0.3 is 5.32 Å². The van der Waals surface area contributed by atoms with Gasteiger partial charge >= 0.3 is 6.18 Å². The molecule has 0 spiro atoms. The Bertz CT molecular complexity index is 1230. The fourth-order valence-electron chi connectivity index (χ4n) is 2.95. The van der Waals surface area contributed by atoms with E-state index in [0.29, 0.717) is 0 Å². The number of aromatic nitrogens is 2. The SMILES string of the molecule is FC(F)(F)c1ccccc1NC(=S)N/N=C/c1cn(-c2ccccc2)nc1-c1cccs1. The minimum Gasteiger partial charge on any atom is -0.331 e. The average molecular weight is 472 g/mol. The number of hydrazone groups is 1. The van der Waals surface area contributed by atoms with E-state index < -0.39 is 11.7 Å². The van der Waals surface area contributed by atoms with E-state index in [-0.39, 0.29) is 10.8 Å².